The van der Waals surface area contributed by atoms with Crippen molar-refractivity contribution in [2.75, 3.05) is 20.5 Å². The van der Waals surface area contributed by atoms with Gasteiger partial charge in [-0.3, -0.25) is 14.4 Å². The van der Waals surface area contributed by atoms with E-state index >= 15 is 0 Å². The summed E-state index contributed by atoms with van der Waals surface area (Å²) in [7, 11) is 1.04. The first-order chi connectivity index (χ1) is 12.7. The minimum atomic E-state index is -4.98. The van der Waals surface area contributed by atoms with Gasteiger partial charge in [-0.1, -0.05) is 11.6 Å². The highest BCUT2D eigenvalue weighted by molar-refractivity contribution is 6.35. The standard InChI is InChI=1S/C14H13ClF5N3O4/c1-3-22(13(24)25-2)6-23-10-9(21-12(23)14(17,18)19)7(15)4-8(26-5-16)11(10)27-20/h4H,3,5-6H2,1-2H3. The van der Waals surface area contributed by atoms with Gasteiger partial charge < -0.3 is 9.47 Å². The third kappa shape index (κ3) is 3.94. The number of hydrogen-bond acceptors (Lipinski definition) is 5. The van der Waals surface area contributed by atoms with Crippen LogP contribution < -0.4 is 9.68 Å². The number of methoxy groups -OCH3 is 1. The zero-order chi connectivity index (χ0) is 20.4. The van der Waals surface area contributed by atoms with Gasteiger partial charge in [0.1, 0.15) is 17.7 Å². The molecule has 0 unspecified atom stereocenters. The van der Waals surface area contributed by atoms with E-state index in [1.165, 1.54) is 6.92 Å². The molecule has 0 bridgehead atoms. The zero-order valence-corrected chi connectivity index (χ0v) is 14.7. The van der Waals surface area contributed by atoms with Gasteiger partial charge in [-0.2, -0.15) is 13.2 Å². The first-order valence-electron chi connectivity index (χ1n) is 7.29. The van der Waals surface area contributed by atoms with Gasteiger partial charge in [0.2, 0.25) is 18.4 Å². The average molecular weight is 418 g/mol. The highest BCUT2D eigenvalue weighted by Crippen LogP contribution is 2.43. The molecular weight excluding hydrogens is 405 g/mol. The summed E-state index contributed by atoms with van der Waals surface area (Å²) in [6.45, 7) is -0.688. The number of aromatic nitrogens is 2. The van der Waals surface area contributed by atoms with E-state index in [0.717, 1.165) is 18.1 Å². The normalized spacial score (nSPS) is 11.6. The van der Waals surface area contributed by atoms with Crippen molar-refractivity contribution in [3.63, 3.8) is 0 Å². The van der Waals surface area contributed by atoms with Gasteiger partial charge in [-0.25, -0.2) is 14.2 Å². The van der Waals surface area contributed by atoms with E-state index in [2.05, 4.69) is 19.4 Å². The van der Waals surface area contributed by atoms with Crippen molar-refractivity contribution in [1.82, 2.24) is 14.5 Å². The lowest BCUT2D eigenvalue weighted by atomic mass is 10.2. The molecule has 1 amide bonds. The Morgan fingerprint density at radius 3 is 2.56 bits per heavy atom. The summed E-state index contributed by atoms with van der Waals surface area (Å²) in [4.78, 5) is 19.6. The number of fused-ring (bicyclic) bond motifs is 1. The Balaban J connectivity index is 2.82. The van der Waals surface area contributed by atoms with Crippen LogP contribution in [0.5, 0.6) is 11.5 Å². The molecule has 0 saturated heterocycles. The Bertz CT molecular complexity index is 842. The van der Waals surface area contributed by atoms with Gasteiger partial charge in [0.25, 0.3) is 0 Å². The third-order valence-electron chi connectivity index (χ3n) is 3.56. The quantitative estimate of drug-likeness (QED) is 0.655. The Morgan fingerprint density at radius 2 is 2.07 bits per heavy atom. The molecule has 2 rings (SSSR count). The fourth-order valence-corrected chi connectivity index (χ4v) is 2.63. The molecule has 0 aliphatic heterocycles. The number of benzene rings is 1. The SMILES string of the molecule is CCN(Cn1c(C(F)(F)F)nc2c(Cl)cc(OCF)c(OF)c21)C(=O)OC. The van der Waals surface area contributed by atoms with Gasteiger partial charge in [-0.15, -0.1) is 0 Å². The van der Waals surface area contributed by atoms with Crippen molar-refractivity contribution in [1.29, 1.82) is 0 Å². The molecule has 7 nitrogen and oxygen atoms in total. The topological polar surface area (TPSA) is 65.8 Å². The molecule has 0 N–H and O–H groups in total. The third-order valence-corrected chi connectivity index (χ3v) is 3.85. The van der Waals surface area contributed by atoms with Crippen LogP contribution >= 0.6 is 11.6 Å². The molecule has 150 valence electrons. The summed E-state index contributed by atoms with van der Waals surface area (Å²) >= 11 is 5.89. The van der Waals surface area contributed by atoms with Crippen LogP contribution in [0.1, 0.15) is 12.7 Å². The maximum atomic E-state index is 13.5. The number of alkyl halides is 4. The highest BCUT2D eigenvalue weighted by Gasteiger charge is 2.40. The molecule has 0 aliphatic rings. The van der Waals surface area contributed by atoms with Crippen LogP contribution in [0.3, 0.4) is 0 Å². The summed E-state index contributed by atoms with van der Waals surface area (Å²) in [5.41, 5.74) is -1.04. The lowest BCUT2D eigenvalue weighted by Gasteiger charge is -2.22. The molecule has 0 spiro atoms. The Kier molecular flexibility index (Phi) is 6.19. The van der Waals surface area contributed by atoms with E-state index in [-0.39, 0.29) is 11.6 Å². The largest absolute Gasteiger partial charge is 0.459 e. The summed E-state index contributed by atoms with van der Waals surface area (Å²) in [6, 6.07) is 0.869. The van der Waals surface area contributed by atoms with E-state index in [0.29, 0.717) is 4.57 Å². The minimum absolute atomic E-state index is 0.0378. The molecule has 1 aromatic heterocycles. The molecule has 1 heterocycles. The molecule has 0 fully saturated rings. The monoisotopic (exact) mass is 417 g/mol. The molecule has 0 atom stereocenters. The van der Waals surface area contributed by atoms with E-state index in [4.69, 9.17) is 11.6 Å². The lowest BCUT2D eigenvalue weighted by molar-refractivity contribution is -0.147. The van der Waals surface area contributed by atoms with Crippen LogP contribution in [0.25, 0.3) is 11.0 Å². The van der Waals surface area contributed by atoms with Crippen molar-refractivity contribution in [2.45, 2.75) is 19.8 Å². The highest BCUT2D eigenvalue weighted by atomic mass is 35.5. The van der Waals surface area contributed by atoms with Crippen LogP contribution in [0.4, 0.5) is 26.9 Å². The Hall–Kier alpha value is -2.50. The number of carbonyl (C=O) groups is 1. The lowest BCUT2D eigenvalue weighted by Crippen LogP contribution is -2.34. The maximum absolute atomic E-state index is 13.5. The average Bonchev–Trinajstić information content (AvgIpc) is 3.00. The summed E-state index contributed by atoms with van der Waals surface area (Å²) in [5, 5.41) is -0.361. The predicted molar refractivity (Wildman–Crippen MR) is 82.9 cm³/mol. The number of amides is 1. The molecule has 0 aliphatic carbocycles. The van der Waals surface area contributed by atoms with E-state index in [1.807, 2.05) is 0 Å². The maximum Gasteiger partial charge on any atom is 0.449 e. The second kappa shape index (κ2) is 8.03. The number of imidazole rings is 1. The first kappa shape index (κ1) is 20.8. The van der Waals surface area contributed by atoms with Crippen LogP contribution in [0, 0.1) is 0 Å². The number of rotatable bonds is 6. The number of hydrogen-bond donors (Lipinski definition) is 0. The Morgan fingerprint density at radius 1 is 1.41 bits per heavy atom. The minimum Gasteiger partial charge on any atom is -0.459 e. The van der Waals surface area contributed by atoms with Crippen molar-refractivity contribution in [3.05, 3.63) is 16.9 Å². The van der Waals surface area contributed by atoms with Crippen molar-refractivity contribution in [2.24, 2.45) is 0 Å². The van der Waals surface area contributed by atoms with Crippen LogP contribution in [-0.4, -0.2) is 41.1 Å². The smallest absolute Gasteiger partial charge is 0.449 e. The first-order valence-corrected chi connectivity index (χ1v) is 7.67. The second-order valence-corrected chi connectivity index (χ2v) is 5.45. The number of carbonyl (C=O) groups excluding carboxylic acids is 1. The molecular formula is C14H13ClF5N3O4. The Labute approximate surface area is 154 Å². The van der Waals surface area contributed by atoms with Crippen LogP contribution in [0.15, 0.2) is 6.07 Å². The number of halogens is 6. The summed E-state index contributed by atoms with van der Waals surface area (Å²) in [5.74, 6) is -2.91. The molecule has 0 radical (unpaired) electrons. The zero-order valence-electron chi connectivity index (χ0n) is 13.9. The fraction of sp³-hybridized carbons (Fsp3) is 0.429. The predicted octanol–water partition coefficient (Wildman–Crippen LogP) is 4.32. The summed E-state index contributed by atoms with van der Waals surface area (Å²) < 4.78 is 75.5. The van der Waals surface area contributed by atoms with Gasteiger partial charge in [0.05, 0.1) is 12.1 Å². The molecule has 1 aromatic carbocycles. The van der Waals surface area contributed by atoms with E-state index in [9.17, 15) is 26.9 Å². The molecule has 2 aromatic rings. The number of ether oxygens (including phenoxy) is 2. The van der Waals surface area contributed by atoms with Gasteiger partial charge in [0, 0.05) is 17.1 Å². The van der Waals surface area contributed by atoms with Crippen molar-refractivity contribution < 1.29 is 41.3 Å². The fourth-order valence-electron chi connectivity index (χ4n) is 2.40. The molecule has 13 heteroatoms. The molecule has 0 saturated carbocycles. The van der Waals surface area contributed by atoms with E-state index < -0.39 is 54.2 Å². The van der Waals surface area contributed by atoms with Gasteiger partial charge in [0.15, 0.2) is 5.75 Å². The van der Waals surface area contributed by atoms with Crippen LogP contribution in [-0.2, 0) is 17.6 Å². The van der Waals surface area contributed by atoms with Crippen LogP contribution in [0.2, 0.25) is 5.02 Å². The van der Waals surface area contributed by atoms with Crippen molar-refractivity contribution in [3.8, 4) is 11.5 Å². The van der Waals surface area contributed by atoms with Crippen molar-refractivity contribution >= 4 is 28.7 Å². The van der Waals surface area contributed by atoms with Gasteiger partial charge >= 0.3 is 12.3 Å². The summed E-state index contributed by atoms with van der Waals surface area (Å²) in [6.07, 6.45) is -5.91. The second-order valence-electron chi connectivity index (χ2n) is 5.04. The van der Waals surface area contributed by atoms with Gasteiger partial charge in [-0.05, 0) is 6.92 Å². The molecule has 27 heavy (non-hydrogen) atoms. The van der Waals surface area contributed by atoms with E-state index in [1.54, 1.807) is 0 Å². The number of nitrogens with zero attached hydrogens (tertiary/aromatic N) is 3.